The number of hydrogen-bond donors (Lipinski definition) is 1. The normalized spacial score (nSPS) is 10.9. The molecule has 4 heteroatoms. The molecule has 1 heterocycles. The maximum absolute atomic E-state index is 4.60. The van der Waals surface area contributed by atoms with Crippen LogP contribution in [0.1, 0.15) is 5.56 Å². The Balaban J connectivity index is 1.71. The van der Waals surface area contributed by atoms with Crippen molar-refractivity contribution in [3.63, 3.8) is 0 Å². The van der Waals surface area contributed by atoms with Crippen molar-refractivity contribution >= 4 is 32.9 Å². The van der Waals surface area contributed by atoms with Crippen LogP contribution in [0.25, 0.3) is 11.0 Å². The Morgan fingerprint density at radius 3 is 2.80 bits per heavy atom. The van der Waals surface area contributed by atoms with Crippen molar-refractivity contribution < 1.29 is 0 Å². The molecule has 0 atom stereocenters. The van der Waals surface area contributed by atoms with Crippen LogP contribution >= 0.6 is 15.9 Å². The quantitative estimate of drug-likeness (QED) is 0.784. The summed E-state index contributed by atoms with van der Waals surface area (Å²) in [6.45, 7) is 0.927. The third-order valence-corrected chi connectivity index (χ3v) is 3.86. The Morgan fingerprint density at radius 1 is 1.15 bits per heavy atom. The van der Waals surface area contributed by atoms with Gasteiger partial charge in [-0.3, -0.25) is 0 Å². The van der Waals surface area contributed by atoms with Crippen LogP contribution in [0, 0.1) is 0 Å². The van der Waals surface area contributed by atoms with E-state index in [4.69, 9.17) is 0 Å². The molecule has 0 amide bonds. The van der Waals surface area contributed by atoms with Gasteiger partial charge in [-0.2, -0.15) is 0 Å². The number of halogens is 1. The standard InChI is InChI=1S/C16H16BrN3/c1-20(10-9-12-5-4-6-13(17)11-12)16-18-14-7-2-3-8-15(14)19-16/h2-8,11H,9-10H2,1H3,(H,18,19). The van der Waals surface area contributed by atoms with Gasteiger partial charge in [0.15, 0.2) is 0 Å². The van der Waals surface area contributed by atoms with Crippen molar-refractivity contribution in [3.05, 3.63) is 58.6 Å². The fourth-order valence-electron chi connectivity index (χ4n) is 2.22. The maximum Gasteiger partial charge on any atom is 0.203 e. The first kappa shape index (κ1) is 13.2. The minimum Gasteiger partial charge on any atom is -0.345 e. The molecule has 0 aliphatic heterocycles. The van der Waals surface area contributed by atoms with Crippen LogP contribution in [0.5, 0.6) is 0 Å². The number of anilines is 1. The molecule has 20 heavy (non-hydrogen) atoms. The maximum atomic E-state index is 4.60. The van der Waals surface area contributed by atoms with Gasteiger partial charge in [0.2, 0.25) is 5.95 Å². The average Bonchev–Trinajstić information content (AvgIpc) is 2.89. The average molecular weight is 330 g/mol. The van der Waals surface area contributed by atoms with Crippen LogP contribution in [0.15, 0.2) is 53.0 Å². The van der Waals surface area contributed by atoms with E-state index in [1.807, 2.05) is 30.3 Å². The highest BCUT2D eigenvalue weighted by atomic mass is 79.9. The Bertz CT molecular complexity index is 687. The lowest BCUT2D eigenvalue weighted by Crippen LogP contribution is -2.21. The van der Waals surface area contributed by atoms with Gasteiger partial charge in [0.1, 0.15) is 0 Å². The summed E-state index contributed by atoms with van der Waals surface area (Å²) in [5, 5.41) is 0. The van der Waals surface area contributed by atoms with Gasteiger partial charge in [-0.1, -0.05) is 40.2 Å². The molecule has 0 aliphatic rings. The summed E-state index contributed by atoms with van der Waals surface area (Å²) in [5.41, 5.74) is 3.41. The molecule has 3 nitrogen and oxygen atoms in total. The Kier molecular flexibility index (Phi) is 3.74. The number of nitrogens with zero attached hydrogens (tertiary/aromatic N) is 2. The van der Waals surface area contributed by atoms with Crippen LogP contribution in [-0.4, -0.2) is 23.6 Å². The molecule has 0 aliphatic carbocycles. The number of likely N-dealkylation sites (N-methyl/N-ethyl adjacent to an activating group) is 1. The number of aromatic nitrogens is 2. The lowest BCUT2D eigenvalue weighted by Gasteiger charge is -2.15. The fraction of sp³-hybridized carbons (Fsp3) is 0.188. The van der Waals surface area contributed by atoms with Gasteiger partial charge >= 0.3 is 0 Å². The summed E-state index contributed by atoms with van der Waals surface area (Å²) in [7, 11) is 2.07. The van der Waals surface area contributed by atoms with E-state index in [9.17, 15) is 0 Å². The highest BCUT2D eigenvalue weighted by Crippen LogP contribution is 2.17. The minimum atomic E-state index is 0.918. The molecule has 1 aromatic heterocycles. The molecule has 0 fully saturated rings. The molecular weight excluding hydrogens is 314 g/mol. The van der Waals surface area contributed by atoms with E-state index in [0.717, 1.165) is 34.4 Å². The zero-order chi connectivity index (χ0) is 13.9. The van der Waals surface area contributed by atoms with E-state index in [0.29, 0.717) is 0 Å². The Hall–Kier alpha value is -1.81. The fourth-order valence-corrected chi connectivity index (χ4v) is 2.66. The predicted octanol–water partition coefficient (Wildman–Crippen LogP) is 4.00. The van der Waals surface area contributed by atoms with E-state index in [2.05, 4.69) is 56.0 Å². The van der Waals surface area contributed by atoms with Crippen molar-refractivity contribution in [2.45, 2.75) is 6.42 Å². The number of aromatic amines is 1. The second-order valence-electron chi connectivity index (χ2n) is 4.88. The molecular formula is C16H16BrN3. The van der Waals surface area contributed by atoms with Crippen molar-refractivity contribution in [3.8, 4) is 0 Å². The molecule has 102 valence electrons. The van der Waals surface area contributed by atoms with Gasteiger partial charge in [-0.25, -0.2) is 4.98 Å². The monoisotopic (exact) mass is 329 g/mol. The summed E-state index contributed by atoms with van der Waals surface area (Å²) >= 11 is 3.51. The number of hydrogen-bond acceptors (Lipinski definition) is 2. The summed E-state index contributed by atoms with van der Waals surface area (Å²) in [6, 6.07) is 16.5. The highest BCUT2D eigenvalue weighted by Gasteiger charge is 2.07. The number of benzene rings is 2. The van der Waals surface area contributed by atoms with Crippen LogP contribution in [0.3, 0.4) is 0 Å². The molecule has 0 saturated heterocycles. The lowest BCUT2D eigenvalue weighted by molar-refractivity contribution is 0.850. The van der Waals surface area contributed by atoms with Crippen LogP contribution < -0.4 is 4.90 Å². The van der Waals surface area contributed by atoms with E-state index in [1.54, 1.807) is 0 Å². The molecule has 1 N–H and O–H groups in total. The summed E-state index contributed by atoms with van der Waals surface area (Å²) < 4.78 is 1.13. The van der Waals surface area contributed by atoms with Gasteiger partial charge < -0.3 is 9.88 Å². The second-order valence-corrected chi connectivity index (χ2v) is 5.79. The zero-order valence-corrected chi connectivity index (χ0v) is 12.9. The highest BCUT2D eigenvalue weighted by molar-refractivity contribution is 9.10. The first-order chi connectivity index (χ1) is 9.72. The van der Waals surface area contributed by atoms with Crippen molar-refractivity contribution in [1.82, 2.24) is 9.97 Å². The van der Waals surface area contributed by atoms with E-state index in [1.165, 1.54) is 5.56 Å². The molecule has 0 unspecified atom stereocenters. The molecule has 0 radical (unpaired) electrons. The van der Waals surface area contributed by atoms with Crippen LogP contribution in [0.4, 0.5) is 5.95 Å². The zero-order valence-electron chi connectivity index (χ0n) is 11.3. The molecule has 3 aromatic rings. The van der Waals surface area contributed by atoms with Gasteiger partial charge in [0.05, 0.1) is 11.0 Å². The second kappa shape index (κ2) is 5.67. The Morgan fingerprint density at radius 2 is 2.00 bits per heavy atom. The summed E-state index contributed by atoms with van der Waals surface area (Å²) in [4.78, 5) is 10.1. The van der Waals surface area contributed by atoms with Gasteiger partial charge in [-0.05, 0) is 36.2 Å². The van der Waals surface area contributed by atoms with E-state index >= 15 is 0 Å². The number of fused-ring (bicyclic) bond motifs is 1. The lowest BCUT2D eigenvalue weighted by atomic mass is 10.1. The van der Waals surface area contributed by atoms with Gasteiger partial charge in [-0.15, -0.1) is 0 Å². The predicted molar refractivity (Wildman–Crippen MR) is 87.2 cm³/mol. The molecule has 0 bridgehead atoms. The molecule has 0 saturated carbocycles. The molecule has 2 aromatic carbocycles. The van der Waals surface area contributed by atoms with Crippen molar-refractivity contribution in [2.75, 3.05) is 18.5 Å². The number of para-hydroxylation sites is 2. The third-order valence-electron chi connectivity index (χ3n) is 3.36. The van der Waals surface area contributed by atoms with Crippen LogP contribution in [0.2, 0.25) is 0 Å². The minimum absolute atomic E-state index is 0.918. The SMILES string of the molecule is CN(CCc1cccc(Br)c1)c1nc2ccccc2[nH]1. The number of imidazole rings is 1. The first-order valence-electron chi connectivity index (χ1n) is 6.63. The summed E-state index contributed by atoms with van der Waals surface area (Å²) in [5.74, 6) is 0.918. The van der Waals surface area contributed by atoms with Gasteiger partial charge in [0.25, 0.3) is 0 Å². The number of rotatable bonds is 4. The molecule has 0 spiro atoms. The van der Waals surface area contributed by atoms with Crippen LogP contribution in [-0.2, 0) is 6.42 Å². The van der Waals surface area contributed by atoms with E-state index < -0.39 is 0 Å². The molecule has 3 rings (SSSR count). The number of H-pyrrole nitrogens is 1. The largest absolute Gasteiger partial charge is 0.345 e. The summed E-state index contributed by atoms with van der Waals surface area (Å²) in [6.07, 6.45) is 0.993. The van der Waals surface area contributed by atoms with E-state index in [-0.39, 0.29) is 0 Å². The first-order valence-corrected chi connectivity index (χ1v) is 7.42. The Labute approximate surface area is 126 Å². The van der Waals surface area contributed by atoms with Crippen molar-refractivity contribution in [1.29, 1.82) is 0 Å². The smallest absolute Gasteiger partial charge is 0.203 e. The number of nitrogens with one attached hydrogen (secondary N) is 1. The van der Waals surface area contributed by atoms with Crippen molar-refractivity contribution in [2.24, 2.45) is 0 Å². The van der Waals surface area contributed by atoms with Gasteiger partial charge in [0, 0.05) is 18.1 Å². The topological polar surface area (TPSA) is 31.9 Å². The third kappa shape index (κ3) is 2.85.